The van der Waals surface area contributed by atoms with E-state index in [-0.39, 0.29) is 0 Å². The average Bonchev–Trinajstić information content (AvgIpc) is 2.96. The summed E-state index contributed by atoms with van der Waals surface area (Å²) in [5.74, 6) is 2.28. The molecule has 4 nitrogen and oxygen atoms in total. The molecule has 0 radical (unpaired) electrons. The van der Waals surface area contributed by atoms with E-state index in [1.807, 2.05) is 38.1 Å². The second-order valence-corrected chi connectivity index (χ2v) is 4.95. The smallest absolute Gasteiger partial charge is 0.179 e. The highest BCUT2D eigenvalue weighted by molar-refractivity contribution is 6.32. The molecule has 1 heterocycles. The third-order valence-corrected chi connectivity index (χ3v) is 3.24. The number of rotatable bonds is 8. The molecule has 5 heteroatoms. The minimum absolute atomic E-state index is 0.559. The summed E-state index contributed by atoms with van der Waals surface area (Å²) in [7, 11) is 0. The predicted octanol–water partition coefficient (Wildman–Crippen LogP) is 2.99. The molecule has 2 N–H and O–H groups in total. The molecule has 2 aromatic rings. The third-order valence-electron chi connectivity index (χ3n) is 2.96. The Balaban J connectivity index is 2.05. The molecule has 0 fully saturated rings. The fraction of sp³-hybridized carbons (Fsp3) is 0.375. The number of benzene rings is 1. The maximum absolute atomic E-state index is 6.29. The Morgan fingerprint density at radius 1 is 1.14 bits per heavy atom. The number of quaternary nitrogens is 1. The summed E-state index contributed by atoms with van der Waals surface area (Å²) in [4.78, 5) is 0. The van der Waals surface area contributed by atoms with Crippen molar-refractivity contribution >= 4 is 11.6 Å². The van der Waals surface area contributed by atoms with Crippen LogP contribution in [0.15, 0.2) is 34.9 Å². The first-order chi connectivity index (χ1) is 10.2. The first-order valence-corrected chi connectivity index (χ1v) is 7.54. The van der Waals surface area contributed by atoms with Crippen molar-refractivity contribution in [3.8, 4) is 11.5 Å². The monoisotopic (exact) mass is 310 g/mol. The number of halogens is 1. The van der Waals surface area contributed by atoms with Crippen molar-refractivity contribution < 1.29 is 19.2 Å². The zero-order chi connectivity index (χ0) is 15.1. The lowest BCUT2D eigenvalue weighted by Gasteiger charge is -2.14. The molecule has 0 amide bonds. The van der Waals surface area contributed by atoms with Crippen LogP contribution in [0.25, 0.3) is 0 Å². The molecule has 0 saturated carbocycles. The average molecular weight is 311 g/mol. The van der Waals surface area contributed by atoms with Crippen LogP contribution in [0.5, 0.6) is 11.5 Å². The summed E-state index contributed by atoms with van der Waals surface area (Å²) < 4.78 is 16.5. The van der Waals surface area contributed by atoms with E-state index in [9.17, 15) is 0 Å². The number of furan rings is 1. The molecule has 0 aliphatic heterocycles. The van der Waals surface area contributed by atoms with Crippen molar-refractivity contribution in [2.24, 2.45) is 0 Å². The highest BCUT2D eigenvalue weighted by Crippen LogP contribution is 2.36. The SMILES string of the molecule is CCOc1cc(C[NH2+]Cc2ccco2)cc(Cl)c1OCC. The lowest BCUT2D eigenvalue weighted by molar-refractivity contribution is -0.688. The van der Waals surface area contributed by atoms with Gasteiger partial charge in [0.1, 0.15) is 13.1 Å². The first-order valence-electron chi connectivity index (χ1n) is 7.16. The van der Waals surface area contributed by atoms with E-state index in [1.165, 1.54) is 0 Å². The van der Waals surface area contributed by atoms with Crippen LogP contribution in [0.2, 0.25) is 5.02 Å². The van der Waals surface area contributed by atoms with Gasteiger partial charge in [-0.2, -0.15) is 0 Å². The van der Waals surface area contributed by atoms with Gasteiger partial charge in [-0.05, 0) is 38.1 Å². The van der Waals surface area contributed by atoms with Gasteiger partial charge in [-0.15, -0.1) is 0 Å². The second kappa shape index (κ2) is 7.96. The Morgan fingerprint density at radius 2 is 1.95 bits per heavy atom. The van der Waals surface area contributed by atoms with Crippen LogP contribution in [-0.4, -0.2) is 13.2 Å². The van der Waals surface area contributed by atoms with Gasteiger partial charge >= 0.3 is 0 Å². The van der Waals surface area contributed by atoms with Gasteiger partial charge in [-0.1, -0.05) is 11.6 Å². The van der Waals surface area contributed by atoms with E-state index < -0.39 is 0 Å². The maximum atomic E-state index is 6.29. The fourth-order valence-corrected chi connectivity index (χ4v) is 2.38. The van der Waals surface area contributed by atoms with Gasteiger partial charge in [-0.3, -0.25) is 0 Å². The molecule has 114 valence electrons. The van der Waals surface area contributed by atoms with Gasteiger partial charge in [0.25, 0.3) is 0 Å². The Morgan fingerprint density at radius 3 is 2.62 bits per heavy atom. The van der Waals surface area contributed by atoms with Crippen LogP contribution in [0.4, 0.5) is 0 Å². The number of hydrogen-bond acceptors (Lipinski definition) is 3. The van der Waals surface area contributed by atoms with Crippen LogP contribution in [0, 0.1) is 0 Å². The molecule has 0 aliphatic rings. The van der Waals surface area contributed by atoms with Crippen molar-refractivity contribution in [2.45, 2.75) is 26.9 Å². The molecule has 0 atom stereocenters. The Bertz CT molecular complexity index is 555. The van der Waals surface area contributed by atoms with Gasteiger partial charge in [0.2, 0.25) is 0 Å². The van der Waals surface area contributed by atoms with Crippen LogP contribution in [0.3, 0.4) is 0 Å². The van der Waals surface area contributed by atoms with Crippen LogP contribution >= 0.6 is 11.6 Å². The van der Waals surface area contributed by atoms with Gasteiger partial charge in [0.05, 0.1) is 24.5 Å². The van der Waals surface area contributed by atoms with E-state index in [0.29, 0.717) is 29.7 Å². The quantitative estimate of drug-likeness (QED) is 0.815. The predicted molar refractivity (Wildman–Crippen MR) is 81.8 cm³/mol. The van der Waals surface area contributed by atoms with Crippen LogP contribution in [-0.2, 0) is 13.1 Å². The molecule has 1 aromatic carbocycles. The fourth-order valence-electron chi connectivity index (χ4n) is 2.10. The van der Waals surface area contributed by atoms with E-state index in [2.05, 4.69) is 5.32 Å². The number of ether oxygens (including phenoxy) is 2. The summed E-state index contributed by atoms with van der Waals surface area (Å²) in [6.45, 7) is 6.60. The Hall–Kier alpha value is -1.65. The first kappa shape index (κ1) is 15.7. The largest absolute Gasteiger partial charge is 0.490 e. The summed E-state index contributed by atoms with van der Waals surface area (Å²) in [5, 5.41) is 2.74. The van der Waals surface area contributed by atoms with Crippen molar-refractivity contribution in [1.29, 1.82) is 0 Å². The molecule has 0 aliphatic carbocycles. The number of hydrogen-bond donors (Lipinski definition) is 1. The Kier molecular flexibility index (Phi) is 5.96. The maximum Gasteiger partial charge on any atom is 0.179 e. The summed E-state index contributed by atoms with van der Waals surface area (Å²) in [6, 6.07) is 7.77. The van der Waals surface area contributed by atoms with Crippen molar-refractivity contribution in [3.05, 3.63) is 46.9 Å². The molecular formula is C16H21ClNO3+. The number of nitrogens with two attached hydrogens (primary N) is 1. The minimum atomic E-state index is 0.559. The molecule has 0 spiro atoms. The molecule has 0 unspecified atom stereocenters. The van der Waals surface area contributed by atoms with Crippen molar-refractivity contribution in [2.75, 3.05) is 13.2 Å². The third kappa shape index (κ3) is 4.41. The molecule has 0 bridgehead atoms. The highest BCUT2D eigenvalue weighted by atomic mass is 35.5. The van der Waals surface area contributed by atoms with E-state index >= 15 is 0 Å². The Labute approximate surface area is 130 Å². The second-order valence-electron chi connectivity index (χ2n) is 4.55. The molecule has 2 rings (SSSR count). The standard InChI is InChI=1S/C16H20ClNO3/c1-3-19-15-9-12(8-14(17)16(15)20-4-2)10-18-11-13-6-5-7-21-13/h5-9,18H,3-4,10-11H2,1-2H3/p+1. The van der Waals surface area contributed by atoms with Crippen LogP contribution in [0.1, 0.15) is 25.2 Å². The van der Waals surface area contributed by atoms with E-state index in [1.54, 1.807) is 6.26 Å². The zero-order valence-corrected chi connectivity index (χ0v) is 13.2. The van der Waals surface area contributed by atoms with Gasteiger partial charge in [0.15, 0.2) is 17.3 Å². The van der Waals surface area contributed by atoms with Crippen molar-refractivity contribution in [3.63, 3.8) is 0 Å². The van der Waals surface area contributed by atoms with Crippen LogP contribution < -0.4 is 14.8 Å². The highest BCUT2D eigenvalue weighted by Gasteiger charge is 2.13. The lowest BCUT2D eigenvalue weighted by atomic mass is 10.2. The summed E-state index contributed by atoms with van der Waals surface area (Å²) >= 11 is 6.29. The van der Waals surface area contributed by atoms with E-state index in [4.69, 9.17) is 25.5 Å². The summed E-state index contributed by atoms with van der Waals surface area (Å²) in [6.07, 6.45) is 1.68. The molecule has 1 aromatic heterocycles. The van der Waals surface area contributed by atoms with E-state index in [0.717, 1.165) is 24.4 Å². The van der Waals surface area contributed by atoms with Crippen molar-refractivity contribution in [1.82, 2.24) is 0 Å². The zero-order valence-electron chi connectivity index (χ0n) is 12.4. The van der Waals surface area contributed by atoms with Gasteiger partial charge in [-0.25, -0.2) is 0 Å². The topological polar surface area (TPSA) is 48.2 Å². The van der Waals surface area contributed by atoms with Gasteiger partial charge in [0, 0.05) is 5.56 Å². The molecule has 0 saturated heterocycles. The molecular weight excluding hydrogens is 290 g/mol. The normalized spacial score (nSPS) is 10.6. The van der Waals surface area contributed by atoms with Gasteiger partial charge < -0.3 is 19.2 Å². The molecule has 21 heavy (non-hydrogen) atoms. The lowest BCUT2D eigenvalue weighted by Crippen LogP contribution is -2.80. The minimum Gasteiger partial charge on any atom is -0.490 e. The summed E-state index contributed by atoms with van der Waals surface area (Å²) in [5.41, 5.74) is 1.10.